The second-order valence-electron chi connectivity index (χ2n) is 6.96. The standard InChI is InChI=1S/C24H25NO4/c1-4-28-23(26)20-16(2)21(24(27)29-15-18-11-7-5-8-12-18)22(25-17(20)3)19-13-9-6-10-14-19/h5-14,16,20H,4,15H2,1-3H3. The van der Waals surface area contributed by atoms with Crippen LogP contribution in [0.15, 0.2) is 71.2 Å². The van der Waals surface area contributed by atoms with Gasteiger partial charge < -0.3 is 9.47 Å². The van der Waals surface area contributed by atoms with Gasteiger partial charge in [0.15, 0.2) is 0 Å². The van der Waals surface area contributed by atoms with Crippen molar-refractivity contribution in [3.05, 3.63) is 77.4 Å². The molecule has 5 nitrogen and oxygen atoms in total. The summed E-state index contributed by atoms with van der Waals surface area (Å²) in [5.74, 6) is -1.86. The number of hydrogen-bond acceptors (Lipinski definition) is 5. The second-order valence-corrected chi connectivity index (χ2v) is 6.96. The molecule has 1 aliphatic rings. The number of ether oxygens (including phenoxy) is 2. The molecular formula is C24H25NO4. The van der Waals surface area contributed by atoms with Crippen molar-refractivity contribution in [2.75, 3.05) is 6.61 Å². The average Bonchev–Trinajstić information content (AvgIpc) is 2.73. The molecule has 2 unspecified atom stereocenters. The molecule has 1 heterocycles. The van der Waals surface area contributed by atoms with Gasteiger partial charge in [-0.2, -0.15) is 0 Å². The Morgan fingerprint density at radius 3 is 2.21 bits per heavy atom. The SMILES string of the molecule is CCOC(=O)C1C(C)=NC(c2ccccc2)=C(C(=O)OCc2ccccc2)C1C. The summed E-state index contributed by atoms with van der Waals surface area (Å²) in [4.78, 5) is 30.3. The predicted octanol–water partition coefficient (Wildman–Crippen LogP) is 4.43. The van der Waals surface area contributed by atoms with Crippen molar-refractivity contribution >= 4 is 23.3 Å². The van der Waals surface area contributed by atoms with E-state index >= 15 is 0 Å². The van der Waals surface area contributed by atoms with Gasteiger partial charge in [-0.15, -0.1) is 0 Å². The first-order chi connectivity index (χ1) is 14.0. The van der Waals surface area contributed by atoms with E-state index in [0.717, 1.165) is 11.1 Å². The molecule has 29 heavy (non-hydrogen) atoms. The van der Waals surface area contributed by atoms with E-state index in [2.05, 4.69) is 4.99 Å². The lowest BCUT2D eigenvalue weighted by Gasteiger charge is -2.29. The molecule has 0 aliphatic carbocycles. The van der Waals surface area contributed by atoms with Gasteiger partial charge >= 0.3 is 11.9 Å². The van der Waals surface area contributed by atoms with Crippen molar-refractivity contribution in [3.8, 4) is 0 Å². The molecule has 2 aromatic carbocycles. The lowest BCUT2D eigenvalue weighted by atomic mass is 9.80. The summed E-state index contributed by atoms with van der Waals surface area (Å²) in [6.45, 7) is 5.84. The smallest absolute Gasteiger partial charge is 0.336 e. The molecule has 1 aliphatic heterocycles. The molecule has 0 N–H and O–H groups in total. The van der Waals surface area contributed by atoms with Gasteiger partial charge in [-0.25, -0.2) is 4.79 Å². The zero-order chi connectivity index (χ0) is 20.8. The van der Waals surface area contributed by atoms with Gasteiger partial charge in [0.2, 0.25) is 0 Å². The van der Waals surface area contributed by atoms with E-state index in [4.69, 9.17) is 9.47 Å². The van der Waals surface area contributed by atoms with Gasteiger partial charge in [0.25, 0.3) is 0 Å². The van der Waals surface area contributed by atoms with E-state index in [1.54, 1.807) is 13.8 Å². The van der Waals surface area contributed by atoms with Gasteiger partial charge in [-0.05, 0) is 19.4 Å². The maximum absolute atomic E-state index is 13.1. The average molecular weight is 391 g/mol. The van der Waals surface area contributed by atoms with E-state index in [1.807, 2.05) is 67.6 Å². The monoisotopic (exact) mass is 391 g/mol. The van der Waals surface area contributed by atoms with Crippen molar-refractivity contribution in [3.63, 3.8) is 0 Å². The minimum atomic E-state index is -0.610. The molecule has 0 amide bonds. The van der Waals surface area contributed by atoms with Crippen LogP contribution in [0.3, 0.4) is 0 Å². The molecule has 0 spiro atoms. The van der Waals surface area contributed by atoms with Crippen molar-refractivity contribution in [1.82, 2.24) is 0 Å². The molecule has 0 fully saturated rings. The van der Waals surface area contributed by atoms with Crippen LogP contribution < -0.4 is 0 Å². The number of carbonyl (C=O) groups excluding carboxylic acids is 2. The molecule has 0 saturated heterocycles. The Morgan fingerprint density at radius 2 is 1.59 bits per heavy atom. The van der Waals surface area contributed by atoms with Crippen LogP contribution in [0.2, 0.25) is 0 Å². The molecule has 2 atom stereocenters. The highest BCUT2D eigenvalue weighted by Gasteiger charge is 2.39. The molecule has 150 valence electrons. The van der Waals surface area contributed by atoms with Crippen molar-refractivity contribution in [1.29, 1.82) is 0 Å². The fourth-order valence-electron chi connectivity index (χ4n) is 3.56. The summed E-state index contributed by atoms with van der Waals surface area (Å²) >= 11 is 0. The number of carbonyl (C=O) groups is 2. The summed E-state index contributed by atoms with van der Waals surface area (Å²) in [5, 5.41) is 0. The quantitative estimate of drug-likeness (QED) is 0.683. The van der Waals surface area contributed by atoms with Crippen molar-refractivity contribution < 1.29 is 19.1 Å². The van der Waals surface area contributed by atoms with Gasteiger partial charge in [0, 0.05) is 17.2 Å². The Hall–Kier alpha value is -3.21. The topological polar surface area (TPSA) is 65.0 Å². The van der Waals surface area contributed by atoms with Crippen LogP contribution in [0.25, 0.3) is 5.70 Å². The molecule has 0 radical (unpaired) electrons. The summed E-state index contributed by atoms with van der Waals surface area (Å²) in [5.41, 5.74) is 3.29. The van der Waals surface area contributed by atoms with E-state index < -0.39 is 17.8 Å². The van der Waals surface area contributed by atoms with E-state index in [0.29, 0.717) is 17.0 Å². The summed E-state index contributed by atoms with van der Waals surface area (Å²) in [6.07, 6.45) is 0. The number of hydrogen-bond donors (Lipinski definition) is 0. The highest BCUT2D eigenvalue weighted by molar-refractivity contribution is 6.10. The summed E-state index contributed by atoms with van der Waals surface area (Å²) in [7, 11) is 0. The Kier molecular flexibility index (Phi) is 6.60. The molecule has 3 rings (SSSR count). The fourth-order valence-corrected chi connectivity index (χ4v) is 3.56. The number of esters is 2. The Bertz CT molecular complexity index is 932. The van der Waals surface area contributed by atoms with E-state index in [9.17, 15) is 9.59 Å². The molecule has 0 bridgehead atoms. The zero-order valence-corrected chi connectivity index (χ0v) is 16.9. The number of nitrogens with zero attached hydrogens (tertiary/aromatic N) is 1. The van der Waals surface area contributed by atoms with Crippen LogP contribution >= 0.6 is 0 Å². The lowest BCUT2D eigenvalue weighted by molar-refractivity contribution is -0.147. The number of rotatable bonds is 6. The van der Waals surface area contributed by atoms with Crippen LogP contribution in [-0.2, 0) is 25.7 Å². The van der Waals surface area contributed by atoms with Crippen LogP contribution in [0.1, 0.15) is 31.9 Å². The summed E-state index contributed by atoms with van der Waals surface area (Å²) < 4.78 is 10.8. The van der Waals surface area contributed by atoms with Gasteiger partial charge in [0.05, 0.1) is 17.9 Å². The molecule has 0 aromatic heterocycles. The Labute approximate surface area is 171 Å². The summed E-state index contributed by atoms with van der Waals surface area (Å²) in [6, 6.07) is 19.0. The van der Waals surface area contributed by atoms with Crippen LogP contribution in [0, 0.1) is 11.8 Å². The van der Waals surface area contributed by atoms with Crippen LogP contribution in [-0.4, -0.2) is 24.3 Å². The van der Waals surface area contributed by atoms with Gasteiger partial charge in [0.1, 0.15) is 12.5 Å². The minimum Gasteiger partial charge on any atom is -0.465 e. The predicted molar refractivity (Wildman–Crippen MR) is 112 cm³/mol. The maximum atomic E-state index is 13.1. The fraction of sp³-hybridized carbons (Fsp3) is 0.292. The van der Waals surface area contributed by atoms with Gasteiger partial charge in [-0.1, -0.05) is 67.6 Å². The van der Waals surface area contributed by atoms with E-state index in [-0.39, 0.29) is 19.2 Å². The van der Waals surface area contributed by atoms with Crippen LogP contribution in [0.5, 0.6) is 0 Å². The first kappa shape index (κ1) is 20.5. The zero-order valence-electron chi connectivity index (χ0n) is 16.9. The number of benzene rings is 2. The van der Waals surface area contributed by atoms with Crippen LogP contribution in [0.4, 0.5) is 0 Å². The third kappa shape index (κ3) is 4.62. The van der Waals surface area contributed by atoms with E-state index in [1.165, 1.54) is 0 Å². The van der Waals surface area contributed by atoms with Crippen molar-refractivity contribution in [2.45, 2.75) is 27.4 Å². The van der Waals surface area contributed by atoms with Crippen molar-refractivity contribution in [2.24, 2.45) is 16.8 Å². The lowest BCUT2D eigenvalue weighted by Crippen LogP contribution is -2.36. The normalized spacial score (nSPS) is 18.8. The van der Waals surface area contributed by atoms with Gasteiger partial charge in [-0.3, -0.25) is 9.79 Å². The Balaban J connectivity index is 1.97. The molecular weight excluding hydrogens is 366 g/mol. The third-order valence-electron chi connectivity index (χ3n) is 4.97. The number of aliphatic imine (C=N–C) groups is 1. The minimum absolute atomic E-state index is 0.157. The first-order valence-corrected chi connectivity index (χ1v) is 9.75. The molecule has 5 heteroatoms. The second kappa shape index (κ2) is 9.32. The molecule has 2 aromatic rings. The third-order valence-corrected chi connectivity index (χ3v) is 4.97. The maximum Gasteiger partial charge on any atom is 0.336 e. The largest absolute Gasteiger partial charge is 0.465 e. The molecule has 0 saturated carbocycles. The highest BCUT2D eigenvalue weighted by Crippen LogP contribution is 2.36. The first-order valence-electron chi connectivity index (χ1n) is 9.75. The Morgan fingerprint density at radius 1 is 0.966 bits per heavy atom. The highest BCUT2D eigenvalue weighted by atomic mass is 16.5.